The highest BCUT2D eigenvalue weighted by Gasteiger charge is 2.27. The fourth-order valence-electron chi connectivity index (χ4n) is 2.06. The Morgan fingerprint density at radius 2 is 2.05 bits per heavy atom. The minimum Gasteiger partial charge on any atom is -0.388 e. The molecule has 1 heterocycles. The van der Waals surface area contributed by atoms with Crippen LogP contribution in [0.1, 0.15) is 31.9 Å². The topological polar surface area (TPSA) is 127 Å². The molecule has 7 nitrogen and oxygen atoms in total. The van der Waals surface area contributed by atoms with E-state index < -0.39 is 11.9 Å². The Hall–Kier alpha value is -2.31. The van der Waals surface area contributed by atoms with Crippen LogP contribution in [0.15, 0.2) is 18.3 Å². The van der Waals surface area contributed by atoms with E-state index in [0.29, 0.717) is 18.7 Å². The zero-order chi connectivity index (χ0) is 15.3. The smallest absolute Gasteiger partial charge is 0.323 e. The van der Waals surface area contributed by atoms with E-state index in [4.69, 9.17) is 16.9 Å². The van der Waals surface area contributed by atoms with Crippen molar-refractivity contribution in [2.75, 3.05) is 6.54 Å². The molecule has 0 fully saturated rings. The van der Waals surface area contributed by atoms with E-state index in [2.05, 4.69) is 5.32 Å². The number of amides is 2. The number of carbonyl (C=O) groups excluding carboxylic acids is 2. The first-order valence-electron chi connectivity index (χ1n) is 6.42. The van der Waals surface area contributed by atoms with Crippen LogP contribution in [0, 0.1) is 11.3 Å². The van der Waals surface area contributed by atoms with Crippen molar-refractivity contribution < 1.29 is 9.59 Å². The van der Waals surface area contributed by atoms with Gasteiger partial charge in [0.2, 0.25) is 5.91 Å². The van der Waals surface area contributed by atoms with E-state index in [9.17, 15) is 9.59 Å². The lowest BCUT2D eigenvalue weighted by Gasteiger charge is -2.21. The molecule has 7 heteroatoms. The van der Waals surface area contributed by atoms with Gasteiger partial charge in [-0.3, -0.25) is 14.8 Å². The molecule has 0 aliphatic carbocycles. The molecule has 0 saturated heterocycles. The van der Waals surface area contributed by atoms with Crippen LogP contribution >= 0.6 is 0 Å². The van der Waals surface area contributed by atoms with Crippen molar-refractivity contribution in [3.63, 3.8) is 0 Å². The number of primary amides is 1. The molecule has 1 aromatic heterocycles. The summed E-state index contributed by atoms with van der Waals surface area (Å²) >= 11 is 0. The number of rotatable bonds is 6. The Morgan fingerprint density at radius 1 is 1.40 bits per heavy atom. The highest BCUT2D eigenvalue weighted by molar-refractivity contribution is 5.86. The second-order valence-corrected chi connectivity index (χ2v) is 4.93. The third-order valence-electron chi connectivity index (χ3n) is 2.98. The van der Waals surface area contributed by atoms with E-state index in [1.807, 2.05) is 13.8 Å². The van der Waals surface area contributed by atoms with E-state index in [1.165, 1.54) is 10.8 Å². The molecule has 2 amide bonds. The zero-order valence-electron chi connectivity index (χ0n) is 11.7. The van der Waals surface area contributed by atoms with Crippen LogP contribution in [0.25, 0.3) is 0 Å². The molecule has 1 atom stereocenters. The summed E-state index contributed by atoms with van der Waals surface area (Å²) in [6, 6.07) is 2.77. The monoisotopic (exact) mass is 279 g/mol. The zero-order valence-corrected chi connectivity index (χ0v) is 11.7. The molecule has 0 spiro atoms. The normalized spacial score (nSPS) is 12.2. The second kappa shape index (κ2) is 6.74. The summed E-state index contributed by atoms with van der Waals surface area (Å²) in [6.07, 6.45) is 1.84. The van der Waals surface area contributed by atoms with Gasteiger partial charge in [-0.05, 0) is 18.1 Å². The largest absolute Gasteiger partial charge is 0.388 e. The number of hydrogen-bond donors (Lipinski definition) is 4. The molecule has 0 radical (unpaired) electrons. The summed E-state index contributed by atoms with van der Waals surface area (Å²) in [5.74, 6) is -0.667. The Bertz CT molecular complexity index is 507. The number of amidine groups is 1. The molecule has 20 heavy (non-hydrogen) atoms. The van der Waals surface area contributed by atoms with Crippen molar-refractivity contribution in [1.82, 2.24) is 9.88 Å². The molecule has 1 rings (SSSR count). The molecular formula is C13H21N5O2. The predicted octanol–water partition coefficient (Wildman–Crippen LogP) is 0.597. The van der Waals surface area contributed by atoms with Gasteiger partial charge < -0.3 is 16.8 Å². The fraction of sp³-hybridized carbons (Fsp3) is 0.462. The van der Waals surface area contributed by atoms with E-state index in [-0.39, 0.29) is 17.7 Å². The minimum absolute atomic E-state index is 0.000304. The summed E-state index contributed by atoms with van der Waals surface area (Å²) in [5, 5.41) is 9.85. The number of aromatic nitrogens is 1. The van der Waals surface area contributed by atoms with Crippen molar-refractivity contribution >= 4 is 17.8 Å². The van der Waals surface area contributed by atoms with Crippen LogP contribution in [-0.2, 0) is 4.79 Å². The maximum absolute atomic E-state index is 12.3. The summed E-state index contributed by atoms with van der Waals surface area (Å²) in [5.41, 5.74) is 11.1. The summed E-state index contributed by atoms with van der Waals surface area (Å²) < 4.78 is 1.27. The molecule has 1 unspecified atom stereocenters. The van der Waals surface area contributed by atoms with Gasteiger partial charge in [0, 0.05) is 24.9 Å². The van der Waals surface area contributed by atoms with Crippen molar-refractivity contribution in [3.8, 4) is 0 Å². The number of nitrogens with zero attached hydrogens (tertiary/aromatic N) is 1. The maximum Gasteiger partial charge on any atom is 0.323 e. The third-order valence-corrected chi connectivity index (χ3v) is 2.98. The summed E-state index contributed by atoms with van der Waals surface area (Å²) in [6.45, 7) is 4.09. The standard InChI is InChI=1S/C13H21N5O2/c1-8(2)11(12(19)17-6-5-10(14)15)9-4-3-7-18(9)13(16)20/h3-4,7-8,11H,5-6H2,1-2H3,(H3,14,15)(H2,16,20)(H,17,19). The molecule has 0 aliphatic rings. The Morgan fingerprint density at radius 3 is 2.55 bits per heavy atom. The Balaban J connectivity index is 2.88. The van der Waals surface area contributed by atoms with Gasteiger partial charge >= 0.3 is 6.03 Å². The number of nitrogens with one attached hydrogen (secondary N) is 2. The Kier molecular flexibility index (Phi) is 5.31. The van der Waals surface area contributed by atoms with E-state index >= 15 is 0 Å². The van der Waals surface area contributed by atoms with Crippen LogP contribution in [-0.4, -0.2) is 28.9 Å². The van der Waals surface area contributed by atoms with Gasteiger partial charge in [0.15, 0.2) is 0 Å². The summed E-state index contributed by atoms with van der Waals surface area (Å²) in [7, 11) is 0. The Labute approximate surface area is 117 Å². The van der Waals surface area contributed by atoms with Crippen LogP contribution in [0.3, 0.4) is 0 Å². The lowest BCUT2D eigenvalue weighted by atomic mass is 9.91. The highest BCUT2D eigenvalue weighted by atomic mass is 16.2. The van der Waals surface area contributed by atoms with Gasteiger partial charge in [0.1, 0.15) is 0 Å². The molecule has 6 N–H and O–H groups in total. The summed E-state index contributed by atoms with van der Waals surface area (Å²) in [4.78, 5) is 23.6. The van der Waals surface area contributed by atoms with Gasteiger partial charge in [0.05, 0.1) is 11.8 Å². The quantitative estimate of drug-likeness (QED) is 0.449. The number of carbonyl (C=O) groups is 2. The van der Waals surface area contributed by atoms with Crippen molar-refractivity contribution in [3.05, 3.63) is 24.0 Å². The van der Waals surface area contributed by atoms with Crippen molar-refractivity contribution in [1.29, 1.82) is 5.41 Å². The highest BCUT2D eigenvalue weighted by Crippen LogP contribution is 2.25. The van der Waals surface area contributed by atoms with Crippen LogP contribution < -0.4 is 16.8 Å². The molecule has 1 aromatic rings. The average molecular weight is 279 g/mol. The first kappa shape index (κ1) is 15.7. The average Bonchev–Trinajstić information content (AvgIpc) is 2.77. The second-order valence-electron chi connectivity index (χ2n) is 4.93. The van der Waals surface area contributed by atoms with Gasteiger partial charge in [-0.25, -0.2) is 4.79 Å². The number of hydrogen-bond acceptors (Lipinski definition) is 3. The first-order valence-corrected chi connectivity index (χ1v) is 6.42. The van der Waals surface area contributed by atoms with Crippen LogP contribution in [0.4, 0.5) is 4.79 Å². The van der Waals surface area contributed by atoms with Gasteiger partial charge in [0.25, 0.3) is 0 Å². The van der Waals surface area contributed by atoms with Crippen molar-refractivity contribution in [2.24, 2.45) is 17.4 Å². The SMILES string of the molecule is CC(C)C(C(=O)NCCC(=N)N)c1cccn1C(N)=O. The predicted molar refractivity (Wildman–Crippen MR) is 76.5 cm³/mol. The first-order chi connectivity index (χ1) is 9.34. The van der Waals surface area contributed by atoms with Gasteiger partial charge in [-0.15, -0.1) is 0 Å². The molecule has 110 valence electrons. The maximum atomic E-state index is 12.3. The van der Waals surface area contributed by atoms with Crippen LogP contribution in [0.2, 0.25) is 0 Å². The van der Waals surface area contributed by atoms with Crippen molar-refractivity contribution in [2.45, 2.75) is 26.2 Å². The fourth-order valence-corrected chi connectivity index (χ4v) is 2.06. The van der Waals surface area contributed by atoms with E-state index in [0.717, 1.165) is 0 Å². The molecule has 0 aromatic carbocycles. The molecule has 0 aliphatic heterocycles. The molecular weight excluding hydrogens is 258 g/mol. The molecule has 0 bridgehead atoms. The molecule has 0 saturated carbocycles. The minimum atomic E-state index is -0.618. The third kappa shape index (κ3) is 3.84. The van der Waals surface area contributed by atoms with E-state index in [1.54, 1.807) is 12.1 Å². The van der Waals surface area contributed by atoms with Gasteiger partial charge in [-0.1, -0.05) is 13.8 Å². The van der Waals surface area contributed by atoms with Gasteiger partial charge in [-0.2, -0.15) is 0 Å². The van der Waals surface area contributed by atoms with Crippen LogP contribution in [0.5, 0.6) is 0 Å². The lowest BCUT2D eigenvalue weighted by molar-refractivity contribution is -0.123. The lowest BCUT2D eigenvalue weighted by Crippen LogP contribution is -2.36. The number of nitrogens with two attached hydrogens (primary N) is 2.